The van der Waals surface area contributed by atoms with Crippen LogP contribution in [0, 0.1) is 5.82 Å². The number of likely N-dealkylation sites (tertiary alicyclic amines) is 1. The molecule has 1 aromatic carbocycles. The fourth-order valence-electron chi connectivity index (χ4n) is 3.43. The first-order valence-corrected chi connectivity index (χ1v) is 11.1. The Hall–Kier alpha value is -2.58. The largest absolute Gasteiger partial charge is 0.326 e. The lowest BCUT2D eigenvalue weighted by Gasteiger charge is -2.34. The third-order valence-electron chi connectivity index (χ3n) is 4.87. The standard InChI is InChI=1S/C21H20FN3O2S2/c22-15-8-6-14(7-9-15)12-16-13-23-21(29-16)24-19(26)17-4-1-2-10-25(17)20(27)18-5-3-11-28-18/h3,5-9,11,13,17H,1-2,4,10,12H2,(H,23,24,26)/t17-/m0/s1. The van der Waals surface area contributed by atoms with E-state index in [1.54, 1.807) is 29.3 Å². The highest BCUT2D eigenvalue weighted by Gasteiger charge is 2.33. The second-order valence-corrected chi connectivity index (χ2v) is 8.97. The van der Waals surface area contributed by atoms with Gasteiger partial charge in [0.2, 0.25) is 5.91 Å². The van der Waals surface area contributed by atoms with Crippen molar-refractivity contribution in [3.05, 3.63) is 69.1 Å². The van der Waals surface area contributed by atoms with Gasteiger partial charge in [0.25, 0.3) is 5.91 Å². The van der Waals surface area contributed by atoms with Crippen molar-refractivity contribution in [3.8, 4) is 0 Å². The van der Waals surface area contributed by atoms with E-state index in [2.05, 4.69) is 10.3 Å². The summed E-state index contributed by atoms with van der Waals surface area (Å²) in [6.45, 7) is 0.586. The Labute approximate surface area is 176 Å². The van der Waals surface area contributed by atoms with E-state index in [0.717, 1.165) is 23.3 Å². The second-order valence-electron chi connectivity index (χ2n) is 6.91. The minimum Gasteiger partial charge on any atom is -0.326 e. The molecule has 0 saturated carbocycles. The number of rotatable bonds is 5. The van der Waals surface area contributed by atoms with Gasteiger partial charge < -0.3 is 10.2 Å². The molecule has 3 heterocycles. The summed E-state index contributed by atoms with van der Waals surface area (Å²) >= 11 is 2.78. The molecular weight excluding hydrogens is 409 g/mol. The molecule has 2 amide bonds. The zero-order chi connectivity index (χ0) is 20.2. The van der Waals surface area contributed by atoms with Crippen LogP contribution in [0.25, 0.3) is 0 Å². The zero-order valence-corrected chi connectivity index (χ0v) is 17.3. The van der Waals surface area contributed by atoms with Crippen LogP contribution in [-0.4, -0.2) is 34.3 Å². The van der Waals surface area contributed by atoms with Gasteiger partial charge in [-0.05, 0) is 48.4 Å². The molecule has 0 aliphatic carbocycles. The molecule has 3 aromatic rings. The summed E-state index contributed by atoms with van der Waals surface area (Å²) in [5, 5.41) is 5.26. The number of hydrogen-bond donors (Lipinski definition) is 1. The van der Waals surface area contributed by atoms with E-state index in [0.29, 0.717) is 29.4 Å². The SMILES string of the molecule is O=C(Nc1ncc(Cc2ccc(F)cc2)s1)[C@@H]1CCCCN1C(=O)c1cccs1. The fraction of sp³-hybridized carbons (Fsp3) is 0.286. The minimum absolute atomic E-state index is 0.0870. The van der Waals surface area contributed by atoms with Crippen molar-refractivity contribution in [1.29, 1.82) is 0 Å². The molecule has 0 bridgehead atoms. The van der Waals surface area contributed by atoms with Gasteiger partial charge in [-0.25, -0.2) is 9.37 Å². The minimum atomic E-state index is -0.484. The fourth-order valence-corrected chi connectivity index (χ4v) is 4.96. The maximum Gasteiger partial charge on any atom is 0.264 e. The molecule has 150 valence electrons. The third-order valence-corrected chi connectivity index (χ3v) is 6.64. The first-order valence-electron chi connectivity index (χ1n) is 9.44. The van der Waals surface area contributed by atoms with Gasteiger partial charge >= 0.3 is 0 Å². The Kier molecular flexibility index (Phi) is 6.01. The lowest BCUT2D eigenvalue weighted by atomic mass is 10.0. The molecule has 1 fully saturated rings. The number of nitrogens with one attached hydrogen (secondary N) is 1. The van der Waals surface area contributed by atoms with E-state index < -0.39 is 6.04 Å². The summed E-state index contributed by atoms with van der Waals surface area (Å²) in [7, 11) is 0. The van der Waals surface area contributed by atoms with E-state index in [1.165, 1.54) is 34.8 Å². The number of benzene rings is 1. The Morgan fingerprint density at radius 2 is 2.03 bits per heavy atom. The quantitative estimate of drug-likeness (QED) is 0.646. The van der Waals surface area contributed by atoms with E-state index in [9.17, 15) is 14.0 Å². The van der Waals surface area contributed by atoms with Crippen LogP contribution in [0.5, 0.6) is 0 Å². The van der Waals surface area contributed by atoms with Crippen LogP contribution in [0.15, 0.2) is 48.0 Å². The summed E-state index contributed by atoms with van der Waals surface area (Å²) < 4.78 is 13.0. The number of amides is 2. The Bertz CT molecular complexity index is 986. The normalized spacial score (nSPS) is 16.6. The lowest BCUT2D eigenvalue weighted by Crippen LogP contribution is -2.49. The molecule has 2 aromatic heterocycles. The van der Waals surface area contributed by atoms with Gasteiger partial charge in [-0.1, -0.05) is 18.2 Å². The summed E-state index contributed by atoms with van der Waals surface area (Å²) in [5.41, 5.74) is 0.980. The molecule has 1 N–H and O–H groups in total. The summed E-state index contributed by atoms with van der Waals surface area (Å²) in [6.07, 6.45) is 4.82. The van der Waals surface area contributed by atoms with E-state index in [1.807, 2.05) is 11.4 Å². The number of carbonyl (C=O) groups excluding carboxylic acids is 2. The van der Waals surface area contributed by atoms with Crippen molar-refractivity contribution in [2.24, 2.45) is 0 Å². The van der Waals surface area contributed by atoms with Crippen LogP contribution >= 0.6 is 22.7 Å². The molecule has 5 nitrogen and oxygen atoms in total. The van der Waals surface area contributed by atoms with E-state index in [-0.39, 0.29) is 17.6 Å². The second kappa shape index (κ2) is 8.84. The molecule has 1 aliphatic heterocycles. The van der Waals surface area contributed by atoms with E-state index in [4.69, 9.17) is 0 Å². The molecule has 4 rings (SSSR count). The maximum absolute atomic E-state index is 13.0. The first kappa shape index (κ1) is 19.7. The monoisotopic (exact) mass is 429 g/mol. The Balaban J connectivity index is 1.42. The predicted molar refractivity (Wildman–Crippen MR) is 113 cm³/mol. The molecule has 0 spiro atoms. The number of anilines is 1. The molecular formula is C21H20FN3O2S2. The van der Waals surface area contributed by atoms with Gasteiger partial charge in [0.1, 0.15) is 11.9 Å². The maximum atomic E-state index is 13.0. The van der Waals surface area contributed by atoms with Crippen molar-refractivity contribution < 1.29 is 14.0 Å². The van der Waals surface area contributed by atoms with Crippen LogP contribution in [0.1, 0.15) is 39.4 Å². The molecule has 8 heteroatoms. The number of piperidine rings is 1. The third kappa shape index (κ3) is 4.71. The van der Waals surface area contributed by atoms with Gasteiger partial charge in [0.05, 0.1) is 4.88 Å². The van der Waals surface area contributed by atoms with Crippen molar-refractivity contribution in [1.82, 2.24) is 9.88 Å². The van der Waals surface area contributed by atoms with Crippen LogP contribution in [0.3, 0.4) is 0 Å². The number of hydrogen-bond acceptors (Lipinski definition) is 5. The average molecular weight is 430 g/mol. The zero-order valence-electron chi connectivity index (χ0n) is 15.6. The summed E-state index contributed by atoms with van der Waals surface area (Å²) in [5.74, 6) is -0.548. The van der Waals surface area contributed by atoms with Gasteiger partial charge in [0, 0.05) is 24.0 Å². The number of thiophene rings is 1. The highest BCUT2D eigenvalue weighted by atomic mass is 32.1. The smallest absolute Gasteiger partial charge is 0.264 e. The number of carbonyl (C=O) groups is 2. The van der Waals surface area contributed by atoms with Gasteiger partial charge in [-0.3, -0.25) is 9.59 Å². The number of aromatic nitrogens is 1. The van der Waals surface area contributed by atoms with Crippen molar-refractivity contribution in [2.75, 3.05) is 11.9 Å². The summed E-state index contributed by atoms with van der Waals surface area (Å²) in [4.78, 5) is 33.3. The van der Waals surface area contributed by atoms with Gasteiger partial charge in [-0.15, -0.1) is 22.7 Å². The highest BCUT2D eigenvalue weighted by Crippen LogP contribution is 2.25. The number of thiazole rings is 1. The van der Waals surface area contributed by atoms with Crippen LogP contribution < -0.4 is 5.32 Å². The molecule has 1 atom stereocenters. The Morgan fingerprint density at radius 3 is 2.79 bits per heavy atom. The van der Waals surface area contributed by atoms with Crippen molar-refractivity contribution in [3.63, 3.8) is 0 Å². The number of nitrogens with zero attached hydrogens (tertiary/aromatic N) is 2. The van der Waals surface area contributed by atoms with Gasteiger partial charge in [-0.2, -0.15) is 0 Å². The van der Waals surface area contributed by atoms with Crippen molar-refractivity contribution >= 4 is 39.6 Å². The highest BCUT2D eigenvalue weighted by molar-refractivity contribution is 7.15. The Morgan fingerprint density at radius 1 is 1.21 bits per heavy atom. The molecule has 0 radical (unpaired) electrons. The van der Waals surface area contributed by atoms with E-state index >= 15 is 0 Å². The lowest BCUT2D eigenvalue weighted by molar-refractivity contribution is -0.121. The molecule has 1 saturated heterocycles. The topological polar surface area (TPSA) is 62.3 Å². The van der Waals surface area contributed by atoms with Crippen LogP contribution in [0.4, 0.5) is 9.52 Å². The predicted octanol–water partition coefficient (Wildman–Crippen LogP) is 4.57. The average Bonchev–Trinajstić information content (AvgIpc) is 3.42. The van der Waals surface area contributed by atoms with Gasteiger partial charge in [0.15, 0.2) is 5.13 Å². The van der Waals surface area contributed by atoms with Crippen molar-refractivity contribution in [2.45, 2.75) is 31.7 Å². The first-order chi connectivity index (χ1) is 14.1. The molecule has 29 heavy (non-hydrogen) atoms. The molecule has 1 aliphatic rings. The summed E-state index contributed by atoms with van der Waals surface area (Å²) in [6, 6.07) is 9.49. The number of halogens is 1. The van der Waals surface area contributed by atoms with Crippen LogP contribution in [-0.2, 0) is 11.2 Å². The van der Waals surface area contributed by atoms with Crippen LogP contribution in [0.2, 0.25) is 0 Å². The molecule has 0 unspecified atom stereocenters.